The number of hydrogen-bond donors (Lipinski definition) is 0. The van der Waals surface area contributed by atoms with Gasteiger partial charge in [0.15, 0.2) is 0 Å². The molecule has 0 amide bonds. The van der Waals surface area contributed by atoms with Crippen LogP contribution in [0, 0.1) is 29.6 Å². The standard InChI is InChI=1S/C39H59NO8/c1-6-36(41)45-24-31(25-46-37(42)7-2)22-29-12-18-34(19-13-29)40(33-16-10-28(5)11-17-33)35-20-14-30(15-21-35)23-32(26-47-38(43)8-3)27-48-39(44)9-4/h6-9,28-35H,1-4,10-27H2,5H3. The van der Waals surface area contributed by atoms with Gasteiger partial charge in [-0.2, -0.15) is 0 Å². The first-order valence-electron chi connectivity index (χ1n) is 18.1. The van der Waals surface area contributed by atoms with E-state index in [4.69, 9.17) is 18.9 Å². The highest BCUT2D eigenvalue weighted by molar-refractivity contribution is 5.82. The quantitative estimate of drug-likeness (QED) is 0.0823. The van der Waals surface area contributed by atoms with Crippen molar-refractivity contribution in [1.82, 2.24) is 4.90 Å². The van der Waals surface area contributed by atoms with E-state index in [1.807, 2.05) is 0 Å². The van der Waals surface area contributed by atoms with Crippen LogP contribution in [0.3, 0.4) is 0 Å². The van der Waals surface area contributed by atoms with Gasteiger partial charge in [-0.3, -0.25) is 4.90 Å². The predicted molar refractivity (Wildman–Crippen MR) is 186 cm³/mol. The van der Waals surface area contributed by atoms with Crippen LogP contribution in [0.1, 0.15) is 96.8 Å². The van der Waals surface area contributed by atoms with Crippen molar-refractivity contribution in [2.45, 2.75) is 115 Å². The van der Waals surface area contributed by atoms with Crippen LogP contribution in [-0.4, -0.2) is 73.3 Å². The minimum Gasteiger partial charge on any atom is -0.462 e. The Morgan fingerprint density at radius 3 is 1.06 bits per heavy atom. The van der Waals surface area contributed by atoms with Gasteiger partial charge in [0.05, 0.1) is 26.4 Å². The van der Waals surface area contributed by atoms with Crippen molar-refractivity contribution in [1.29, 1.82) is 0 Å². The lowest BCUT2D eigenvalue weighted by Crippen LogP contribution is -2.52. The molecule has 9 heteroatoms. The van der Waals surface area contributed by atoms with Gasteiger partial charge in [0.2, 0.25) is 0 Å². The average Bonchev–Trinajstić information content (AvgIpc) is 3.11. The molecule has 0 N–H and O–H groups in total. The Kier molecular flexibility index (Phi) is 17.2. The van der Waals surface area contributed by atoms with Gasteiger partial charge < -0.3 is 18.9 Å². The van der Waals surface area contributed by atoms with Crippen molar-refractivity contribution in [3.05, 3.63) is 50.6 Å². The molecule has 3 fully saturated rings. The minimum atomic E-state index is -0.464. The summed E-state index contributed by atoms with van der Waals surface area (Å²) in [7, 11) is 0. The highest BCUT2D eigenvalue weighted by atomic mass is 16.6. The Balaban J connectivity index is 1.60. The first-order chi connectivity index (χ1) is 23.1. The molecule has 3 aliphatic carbocycles. The number of nitrogens with zero attached hydrogens (tertiary/aromatic N) is 1. The fraction of sp³-hybridized carbons (Fsp3) is 0.692. The summed E-state index contributed by atoms with van der Waals surface area (Å²) in [5, 5.41) is 0. The second-order valence-corrected chi connectivity index (χ2v) is 14.3. The number of ether oxygens (including phenoxy) is 4. The maximum atomic E-state index is 11.7. The van der Waals surface area contributed by atoms with E-state index in [9.17, 15) is 19.2 Å². The number of esters is 4. The van der Waals surface area contributed by atoms with Gasteiger partial charge in [0, 0.05) is 54.3 Å². The molecule has 0 radical (unpaired) electrons. The lowest BCUT2D eigenvalue weighted by molar-refractivity contribution is -0.145. The van der Waals surface area contributed by atoms with Crippen LogP contribution in [0.4, 0.5) is 0 Å². The van der Waals surface area contributed by atoms with E-state index in [2.05, 4.69) is 38.1 Å². The molecule has 3 aliphatic rings. The van der Waals surface area contributed by atoms with Crippen molar-refractivity contribution in [3.8, 4) is 0 Å². The Morgan fingerprint density at radius 1 is 0.521 bits per heavy atom. The Hall–Kier alpha value is -3.20. The molecular formula is C39H59NO8. The summed E-state index contributed by atoms with van der Waals surface area (Å²) in [6.45, 7) is 17.1. The highest BCUT2D eigenvalue weighted by Gasteiger charge is 2.38. The molecule has 0 aromatic heterocycles. The topological polar surface area (TPSA) is 108 Å². The van der Waals surface area contributed by atoms with Crippen LogP contribution >= 0.6 is 0 Å². The molecule has 0 spiro atoms. The third-order valence-corrected chi connectivity index (χ3v) is 10.7. The molecular weight excluding hydrogens is 610 g/mol. The third-order valence-electron chi connectivity index (χ3n) is 10.7. The summed E-state index contributed by atoms with van der Waals surface area (Å²) in [5.74, 6) is -0.210. The second-order valence-electron chi connectivity index (χ2n) is 14.3. The van der Waals surface area contributed by atoms with E-state index < -0.39 is 23.9 Å². The molecule has 0 saturated heterocycles. The normalized spacial score (nSPS) is 25.9. The molecule has 9 nitrogen and oxygen atoms in total. The maximum absolute atomic E-state index is 11.7. The molecule has 0 bridgehead atoms. The van der Waals surface area contributed by atoms with Crippen molar-refractivity contribution < 1.29 is 38.1 Å². The molecule has 0 heterocycles. The smallest absolute Gasteiger partial charge is 0.330 e. The van der Waals surface area contributed by atoms with E-state index in [0.717, 1.165) is 94.4 Å². The van der Waals surface area contributed by atoms with Crippen LogP contribution < -0.4 is 0 Å². The first kappa shape index (κ1) is 39.2. The van der Waals surface area contributed by atoms with Gasteiger partial charge in [-0.25, -0.2) is 19.2 Å². The Bertz CT molecular complexity index is 958. The molecule has 0 aliphatic heterocycles. The summed E-state index contributed by atoms with van der Waals surface area (Å²) in [6, 6.07) is 1.74. The minimum absolute atomic E-state index is 0.0602. The fourth-order valence-corrected chi connectivity index (χ4v) is 8.14. The van der Waals surface area contributed by atoms with Gasteiger partial charge in [-0.15, -0.1) is 0 Å². The third kappa shape index (κ3) is 13.4. The summed E-state index contributed by atoms with van der Waals surface area (Å²) < 4.78 is 21.4. The van der Waals surface area contributed by atoms with Gasteiger partial charge in [0.1, 0.15) is 0 Å². The predicted octanol–water partition coefficient (Wildman–Crippen LogP) is 6.91. The lowest BCUT2D eigenvalue weighted by Gasteiger charge is -2.49. The van der Waals surface area contributed by atoms with E-state index in [1.54, 1.807) is 0 Å². The van der Waals surface area contributed by atoms with Crippen molar-refractivity contribution >= 4 is 23.9 Å². The van der Waals surface area contributed by atoms with E-state index in [1.165, 1.54) is 25.7 Å². The van der Waals surface area contributed by atoms with E-state index in [0.29, 0.717) is 30.0 Å². The zero-order valence-electron chi connectivity index (χ0n) is 29.2. The van der Waals surface area contributed by atoms with Gasteiger partial charge in [-0.1, -0.05) is 33.2 Å². The Morgan fingerprint density at radius 2 is 0.792 bits per heavy atom. The van der Waals surface area contributed by atoms with Crippen molar-refractivity contribution in [2.24, 2.45) is 29.6 Å². The van der Waals surface area contributed by atoms with Crippen LogP contribution in [0.5, 0.6) is 0 Å². The summed E-state index contributed by atoms with van der Waals surface area (Å²) in [6.07, 6.45) is 20.4. The summed E-state index contributed by atoms with van der Waals surface area (Å²) >= 11 is 0. The van der Waals surface area contributed by atoms with Crippen LogP contribution in [0.25, 0.3) is 0 Å². The van der Waals surface area contributed by atoms with E-state index in [-0.39, 0.29) is 38.3 Å². The Labute approximate surface area is 288 Å². The van der Waals surface area contributed by atoms with Crippen LogP contribution in [-0.2, 0) is 38.1 Å². The van der Waals surface area contributed by atoms with Crippen LogP contribution in [0.2, 0.25) is 0 Å². The molecule has 0 unspecified atom stereocenters. The summed E-state index contributed by atoms with van der Waals surface area (Å²) in [5.41, 5.74) is 0. The van der Waals surface area contributed by atoms with Crippen LogP contribution in [0.15, 0.2) is 50.6 Å². The van der Waals surface area contributed by atoms with Gasteiger partial charge >= 0.3 is 23.9 Å². The maximum Gasteiger partial charge on any atom is 0.330 e. The highest BCUT2D eigenvalue weighted by Crippen LogP contribution is 2.41. The van der Waals surface area contributed by atoms with Crippen molar-refractivity contribution in [2.75, 3.05) is 26.4 Å². The molecule has 3 saturated carbocycles. The number of rotatable bonds is 19. The first-order valence-corrected chi connectivity index (χ1v) is 18.1. The fourth-order valence-electron chi connectivity index (χ4n) is 8.14. The molecule has 0 aromatic carbocycles. The second kappa shape index (κ2) is 21.0. The molecule has 3 rings (SSSR count). The molecule has 48 heavy (non-hydrogen) atoms. The molecule has 0 atom stereocenters. The number of hydrogen-bond acceptors (Lipinski definition) is 9. The largest absolute Gasteiger partial charge is 0.462 e. The zero-order chi connectivity index (χ0) is 34.9. The SMILES string of the molecule is C=CC(=O)OCC(COC(=O)C=C)CC1CCC(N(C2CCC(C)CC2)C2CCC(CC(COC(=O)C=C)COC(=O)C=C)CC2)CC1. The monoisotopic (exact) mass is 669 g/mol. The lowest BCUT2D eigenvalue weighted by atomic mass is 9.76. The van der Waals surface area contributed by atoms with Gasteiger partial charge in [-0.05, 0) is 108 Å². The number of carbonyl (C=O) groups is 4. The zero-order valence-corrected chi connectivity index (χ0v) is 29.2. The van der Waals surface area contributed by atoms with Crippen molar-refractivity contribution in [3.63, 3.8) is 0 Å². The summed E-state index contributed by atoms with van der Waals surface area (Å²) in [4.78, 5) is 49.9. The van der Waals surface area contributed by atoms with E-state index >= 15 is 0 Å². The molecule has 0 aromatic rings. The average molecular weight is 670 g/mol. The van der Waals surface area contributed by atoms with Gasteiger partial charge in [0.25, 0.3) is 0 Å². The number of carbonyl (C=O) groups excluding carboxylic acids is 4. The molecule has 268 valence electrons.